The lowest BCUT2D eigenvalue weighted by molar-refractivity contribution is -0.917. The van der Waals surface area contributed by atoms with Gasteiger partial charge in [0.05, 0.1) is 31.6 Å². The minimum absolute atomic E-state index is 0.0849. The van der Waals surface area contributed by atoms with Crippen molar-refractivity contribution in [3.63, 3.8) is 0 Å². The van der Waals surface area contributed by atoms with E-state index in [2.05, 4.69) is 22.0 Å². The van der Waals surface area contributed by atoms with Gasteiger partial charge in [-0.1, -0.05) is 35.5 Å². The zero-order valence-corrected chi connectivity index (χ0v) is 16.8. The molecule has 2 aromatic heterocycles. The summed E-state index contributed by atoms with van der Waals surface area (Å²) in [6.45, 7) is 4.56. The summed E-state index contributed by atoms with van der Waals surface area (Å²) in [6.07, 6.45) is 0. The topological polar surface area (TPSA) is 50.8 Å². The highest BCUT2D eigenvalue weighted by Gasteiger charge is 2.25. The Bertz CT molecular complexity index is 1110. The van der Waals surface area contributed by atoms with Gasteiger partial charge in [0.1, 0.15) is 12.1 Å². The molecule has 1 amide bonds. The van der Waals surface area contributed by atoms with E-state index in [4.69, 9.17) is 4.52 Å². The second kappa shape index (κ2) is 7.81. The average molecular weight is 405 g/mol. The number of fused-ring (bicyclic) bond motifs is 1. The van der Waals surface area contributed by atoms with Gasteiger partial charge in [-0.2, -0.15) is 11.3 Å². The molecule has 146 valence electrons. The summed E-state index contributed by atoms with van der Waals surface area (Å²) < 4.78 is 5.57. The number of hydrogen-bond donors (Lipinski definition) is 1. The van der Waals surface area contributed by atoms with E-state index < -0.39 is 0 Å². The van der Waals surface area contributed by atoms with Crippen molar-refractivity contribution in [2.75, 3.05) is 26.2 Å². The van der Waals surface area contributed by atoms with Gasteiger partial charge in [0.25, 0.3) is 5.91 Å². The van der Waals surface area contributed by atoms with Crippen LogP contribution in [0.5, 0.6) is 0 Å². The zero-order valence-electron chi connectivity index (χ0n) is 16.0. The maximum absolute atomic E-state index is 13.1. The third kappa shape index (κ3) is 3.69. The van der Waals surface area contributed by atoms with Crippen molar-refractivity contribution in [3.05, 3.63) is 76.5 Å². The molecule has 5 nitrogen and oxygen atoms in total. The number of thiophene rings is 1. The van der Waals surface area contributed by atoms with Gasteiger partial charge < -0.3 is 14.3 Å². The summed E-state index contributed by atoms with van der Waals surface area (Å²) in [5, 5.41) is 9.36. The van der Waals surface area contributed by atoms with Gasteiger partial charge in [0.2, 0.25) is 0 Å². The van der Waals surface area contributed by atoms with Gasteiger partial charge in [-0.3, -0.25) is 4.79 Å². The highest BCUT2D eigenvalue weighted by Crippen LogP contribution is 2.29. The molecule has 2 aromatic carbocycles. The predicted octanol–water partition coefficient (Wildman–Crippen LogP) is 3.10. The van der Waals surface area contributed by atoms with Gasteiger partial charge in [-0.05, 0) is 35.0 Å². The fourth-order valence-electron chi connectivity index (χ4n) is 3.94. The Morgan fingerprint density at radius 1 is 1.10 bits per heavy atom. The third-order valence-electron chi connectivity index (χ3n) is 5.55. The van der Waals surface area contributed by atoms with Crippen LogP contribution in [0.2, 0.25) is 0 Å². The van der Waals surface area contributed by atoms with Crippen molar-refractivity contribution in [3.8, 4) is 11.3 Å². The lowest BCUT2D eigenvalue weighted by Crippen LogP contribution is -3.13. The van der Waals surface area contributed by atoms with Crippen LogP contribution in [-0.2, 0) is 6.54 Å². The largest absolute Gasteiger partial charge is 0.355 e. The normalized spacial score (nSPS) is 15.1. The van der Waals surface area contributed by atoms with E-state index in [1.807, 2.05) is 53.4 Å². The quantitative estimate of drug-likeness (QED) is 0.569. The molecule has 1 saturated heterocycles. The fraction of sp³-hybridized carbons (Fsp3) is 0.217. The van der Waals surface area contributed by atoms with E-state index in [0.29, 0.717) is 11.3 Å². The van der Waals surface area contributed by atoms with E-state index in [9.17, 15) is 4.79 Å². The lowest BCUT2D eigenvalue weighted by atomic mass is 10.1. The third-order valence-corrected chi connectivity index (χ3v) is 6.28. The fourth-order valence-corrected chi connectivity index (χ4v) is 4.61. The number of rotatable bonds is 4. The minimum Gasteiger partial charge on any atom is -0.355 e. The molecule has 6 heteroatoms. The maximum atomic E-state index is 13.1. The molecule has 0 aliphatic carbocycles. The zero-order chi connectivity index (χ0) is 19.6. The second-order valence-corrected chi connectivity index (χ2v) is 8.24. The first-order chi connectivity index (χ1) is 14.3. The Hall–Kier alpha value is -2.96. The molecule has 0 saturated carbocycles. The Labute approximate surface area is 173 Å². The maximum Gasteiger partial charge on any atom is 0.254 e. The van der Waals surface area contributed by atoms with Crippen LogP contribution >= 0.6 is 11.3 Å². The van der Waals surface area contributed by atoms with E-state index in [0.717, 1.165) is 49.2 Å². The van der Waals surface area contributed by atoms with Crippen molar-refractivity contribution in [1.29, 1.82) is 0 Å². The average Bonchev–Trinajstić information content (AvgIpc) is 3.44. The second-order valence-electron chi connectivity index (χ2n) is 7.46. The number of piperazine rings is 1. The van der Waals surface area contributed by atoms with Crippen molar-refractivity contribution in [1.82, 2.24) is 10.1 Å². The van der Waals surface area contributed by atoms with Crippen molar-refractivity contribution in [2.24, 2.45) is 0 Å². The van der Waals surface area contributed by atoms with Gasteiger partial charge in [-0.15, -0.1) is 0 Å². The Morgan fingerprint density at radius 3 is 2.69 bits per heavy atom. The number of quaternary nitrogens is 1. The summed E-state index contributed by atoms with van der Waals surface area (Å²) in [5.41, 5.74) is 3.81. The van der Waals surface area contributed by atoms with E-state index >= 15 is 0 Å². The number of amides is 1. The molecule has 0 atom stereocenters. The molecule has 1 aliphatic rings. The standard InChI is InChI=1S/C23H21N3O2S/c27-23(26-11-9-25(10-12-26)15-17-8-13-29-16-17)19-6-7-21-20(14-19)22(28-24-21)18-4-2-1-3-5-18/h1-8,13-14,16H,9-12,15H2/p+1. The smallest absolute Gasteiger partial charge is 0.254 e. The summed E-state index contributed by atoms with van der Waals surface area (Å²) >= 11 is 1.74. The first-order valence-corrected chi connectivity index (χ1v) is 10.8. The number of nitrogens with zero attached hydrogens (tertiary/aromatic N) is 2. The van der Waals surface area contributed by atoms with Crippen molar-refractivity contribution >= 4 is 28.1 Å². The van der Waals surface area contributed by atoms with Crippen LogP contribution in [0.15, 0.2) is 69.9 Å². The van der Waals surface area contributed by atoms with E-state index in [-0.39, 0.29) is 5.91 Å². The van der Waals surface area contributed by atoms with Crippen LogP contribution in [0.3, 0.4) is 0 Å². The molecule has 1 fully saturated rings. The first-order valence-electron chi connectivity index (χ1n) is 9.87. The summed E-state index contributed by atoms with van der Waals surface area (Å²) in [7, 11) is 0. The van der Waals surface area contributed by atoms with Gasteiger partial charge in [0, 0.05) is 16.7 Å². The van der Waals surface area contributed by atoms with Gasteiger partial charge >= 0.3 is 0 Å². The minimum atomic E-state index is 0.0849. The van der Waals surface area contributed by atoms with Crippen LogP contribution in [-0.4, -0.2) is 42.1 Å². The van der Waals surface area contributed by atoms with E-state index in [1.54, 1.807) is 11.3 Å². The summed E-state index contributed by atoms with van der Waals surface area (Å²) in [4.78, 5) is 16.6. The number of hydrogen-bond acceptors (Lipinski definition) is 4. The number of benzene rings is 2. The number of nitrogens with one attached hydrogen (secondary N) is 1. The van der Waals surface area contributed by atoms with Crippen LogP contribution in [0.25, 0.3) is 22.2 Å². The molecule has 4 aromatic rings. The molecule has 1 aliphatic heterocycles. The molecule has 1 N–H and O–H groups in total. The van der Waals surface area contributed by atoms with Crippen molar-refractivity contribution < 1.29 is 14.2 Å². The van der Waals surface area contributed by atoms with Crippen LogP contribution < -0.4 is 4.90 Å². The Morgan fingerprint density at radius 2 is 1.93 bits per heavy atom. The molecule has 29 heavy (non-hydrogen) atoms. The van der Waals surface area contributed by atoms with Crippen molar-refractivity contribution in [2.45, 2.75) is 6.54 Å². The molecular weight excluding hydrogens is 382 g/mol. The van der Waals surface area contributed by atoms with Crippen LogP contribution in [0.1, 0.15) is 15.9 Å². The molecule has 5 rings (SSSR count). The van der Waals surface area contributed by atoms with Gasteiger partial charge in [0.15, 0.2) is 5.76 Å². The molecule has 0 radical (unpaired) electrons. The SMILES string of the molecule is O=C(c1ccc2noc(-c3ccccc3)c2c1)N1CC[NH+](Cc2ccsc2)CC1. The predicted molar refractivity (Wildman–Crippen MR) is 114 cm³/mol. The van der Waals surface area contributed by atoms with Crippen LogP contribution in [0.4, 0.5) is 0 Å². The van der Waals surface area contributed by atoms with Crippen LogP contribution in [0, 0.1) is 0 Å². The van der Waals surface area contributed by atoms with E-state index in [1.165, 1.54) is 10.5 Å². The number of carbonyl (C=O) groups is 1. The molecular formula is C23H22N3O2S+. The highest BCUT2D eigenvalue weighted by atomic mass is 32.1. The molecule has 0 spiro atoms. The summed E-state index contributed by atoms with van der Waals surface area (Å²) in [5.74, 6) is 0.793. The molecule has 0 unspecified atom stereocenters. The monoisotopic (exact) mass is 404 g/mol. The molecule has 0 bridgehead atoms. The molecule has 3 heterocycles. The number of aromatic nitrogens is 1. The lowest BCUT2D eigenvalue weighted by Gasteiger charge is -2.32. The number of carbonyl (C=O) groups excluding carboxylic acids is 1. The Kier molecular flexibility index (Phi) is 4.87. The highest BCUT2D eigenvalue weighted by molar-refractivity contribution is 7.07. The Balaban J connectivity index is 1.32. The summed E-state index contributed by atoms with van der Waals surface area (Å²) in [6, 6.07) is 17.7. The first kappa shape index (κ1) is 18.1. The van der Waals surface area contributed by atoms with Gasteiger partial charge in [-0.25, -0.2) is 0 Å².